The van der Waals surface area contributed by atoms with E-state index in [1.165, 1.54) is 11.8 Å². The first-order valence-corrected chi connectivity index (χ1v) is 11.8. The Labute approximate surface area is 193 Å². The van der Waals surface area contributed by atoms with Gasteiger partial charge in [-0.15, -0.1) is 21.5 Å². The number of aromatic nitrogens is 3. The highest BCUT2D eigenvalue weighted by atomic mass is 32.2. The number of nitrogens with one attached hydrogen (secondary N) is 1. The summed E-state index contributed by atoms with van der Waals surface area (Å²) in [7, 11) is 0. The van der Waals surface area contributed by atoms with Gasteiger partial charge in [-0.2, -0.15) is 0 Å². The van der Waals surface area contributed by atoms with Gasteiger partial charge in [0.15, 0.2) is 22.5 Å². The first-order chi connectivity index (χ1) is 15.7. The lowest BCUT2D eigenvalue weighted by Crippen LogP contribution is -2.23. The average molecular weight is 465 g/mol. The molecule has 0 aliphatic carbocycles. The summed E-state index contributed by atoms with van der Waals surface area (Å²) in [5.74, 6) is 1.99. The molecule has 0 radical (unpaired) electrons. The minimum atomic E-state index is -0.379. The number of ether oxygens (including phenoxy) is 2. The first kappa shape index (κ1) is 20.6. The van der Waals surface area contributed by atoms with Crippen LogP contribution in [-0.4, -0.2) is 32.7 Å². The topological polar surface area (TPSA) is 78.3 Å². The van der Waals surface area contributed by atoms with Crippen LogP contribution in [0.1, 0.15) is 12.5 Å². The molecule has 1 amide bonds. The summed E-state index contributed by atoms with van der Waals surface area (Å²) in [6.45, 7) is 2.68. The molecule has 9 heteroatoms. The molecule has 32 heavy (non-hydrogen) atoms. The number of carbonyl (C=O) groups excluding carboxylic acids is 1. The smallest absolute Gasteiger partial charge is 0.237 e. The third-order valence-corrected chi connectivity index (χ3v) is 6.88. The third-order valence-electron chi connectivity index (χ3n) is 4.93. The SMILES string of the molecule is C[C@@H](Sc1nnc(-c2cccs2)n1Cc1ccccc1)C(=O)Nc1ccc2c(c1)OCO2. The number of hydrogen-bond acceptors (Lipinski definition) is 7. The molecule has 0 fully saturated rings. The zero-order valence-corrected chi connectivity index (χ0v) is 18.9. The number of thioether (sulfide) groups is 1. The molecule has 2 aromatic carbocycles. The van der Waals surface area contributed by atoms with Gasteiger partial charge in [0.1, 0.15) is 0 Å². The average Bonchev–Trinajstić information content (AvgIpc) is 3.56. The maximum atomic E-state index is 12.9. The maximum Gasteiger partial charge on any atom is 0.237 e. The standard InChI is InChI=1S/C23H20N4O3S2/c1-15(22(28)24-17-9-10-18-19(12-17)30-14-29-18)32-23-26-25-21(20-8-5-11-31-20)27(23)13-16-6-3-2-4-7-16/h2-12,15H,13-14H2,1H3,(H,24,28)/t15-/m1/s1. The summed E-state index contributed by atoms with van der Waals surface area (Å²) in [5.41, 5.74) is 1.81. The quantitative estimate of drug-likeness (QED) is 0.392. The second kappa shape index (κ2) is 9.05. The van der Waals surface area contributed by atoms with E-state index in [4.69, 9.17) is 9.47 Å². The minimum absolute atomic E-state index is 0.124. The van der Waals surface area contributed by atoms with E-state index in [0.717, 1.165) is 16.3 Å². The van der Waals surface area contributed by atoms with E-state index < -0.39 is 0 Å². The van der Waals surface area contributed by atoms with Crippen molar-refractivity contribution >= 4 is 34.7 Å². The fourth-order valence-electron chi connectivity index (χ4n) is 3.30. The van der Waals surface area contributed by atoms with Crippen molar-refractivity contribution in [3.63, 3.8) is 0 Å². The van der Waals surface area contributed by atoms with Crippen LogP contribution in [0.5, 0.6) is 11.5 Å². The zero-order chi connectivity index (χ0) is 21.9. The molecule has 5 rings (SSSR count). The van der Waals surface area contributed by atoms with E-state index in [-0.39, 0.29) is 18.0 Å². The van der Waals surface area contributed by atoms with Crippen molar-refractivity contribution in [3.8, 4) is 22.2 Å². The summed E-state index contributed by atoms with van der Waals surface area (Å²) in [6, 6.07) is 19.5. The summed E-state index contributed by atoms with van der Waals surface area (Å²) >= 11 is 3.00. The van der Waals surface area contributed by atoms with Crippen molar-refractivity contribution in [1.29, 1.82) is 0 Å². The Balaban J connectivity index is 1.35. The van der Waals surface area contributed by atoms with Crippen LogP contribution in [0.3, 0.4) is 0 Å². The van der Waals surface area contributed by atoms with Gasteiger partial charge in [-0.25, -0.2) is 0 Å². The number of nitrogens with zero attached hydrogens (tertiary/aromatic N) is 3. The molecule has 1 aliphatic rings. The van der Waals surface area contributed by atoms with E-state index in [0.29, 0.717) is 28.9 Å². The molecule has 1 N–H and O–H groups in total. The van der Waals surface area contributed by atoms with Crippen molar-refractivity contribution in [3.05, 3.63) is 71.6 Å². The predicted molar refractivity (Wildman–Crippen MR) is 125 cm³/mol. The predicted octanol–water partition coefficient (Wildman–Crippen LogP) is 4.90. The zero-order valence-electron chi connectivity index (χ0n) is 17.2. The Morgan fingerprint density at radius 2 is 1.97 bits per heavy atom. The van der Waals surface area contributed by atoms with E-state index in [2.05, 4.69) is 32.2 Å². The molecule has 4 aromatic rings. The lowest BCUT2D eigenvalue weighted by Gasteiger charge is -2.14. The van der Waals surface area contributed by atoms with Crippen molar-refractivity contribution in [2.45, 2.75) is 23.9 Å². The second-order valence-electron chi connectivity index (χ2n) is 7.17. The van der Waals surface area contributed by atoms with Crippen LogP contribution in [0.4, 0.5) is 5.69 Å². The molecule has 0 spiro atoms. The molecule has 7 nitrogen and oxygen atoms in total. The second-order valence-corrected chi connectivity index (χ2v) is 9.43. The Morgan fingerprint density at radius 1 is 1.12 bits per heavy atom. The fourth-order valence-corrected chi connectivity index (χ4v) is 4.87. The summed E-state index contributed by atoms with van der Waals surface area (Å²) in [4.78, 5) is 13.9. The van der Waals surface area contributed by atoms with Gasteiger partial charge in [0.05, 0.1) is 16.7 Å². The number of carbonyl (C=O) groups is 1. The molecule has 162 valence electrons. The first-order valence-electron chi connectivity index (χ1n) is 10.1. The molecule has 1 atom stereocenters. The van der Waals surface area contributed by atoms with Crippen LogP contribution in [0, 0.1) is 0 Å². The van der Waals surface area contributed by atoms with Crippen LogP contribution < -0.4 is 14.8 Å². The largest absolute Gasteiger partial charge is 0.454 e. The number of rotatable bonds is 7. The summed E-state index contributed by atoms with van der Waals surface area (Å²) < 4.78 is 12.8. The normalized spacial score (nSPS) is 13.2. The van der Waals surface area contributed by atoms with Crippen LogP contribution in [0.25, 0.3) is 10.7 Å². The monoisotopic (exact) mass is 464 g/mol. The van der Waals surface area contributed by atoms with Crippen LogP contribution in [0.2, 0.25) is 0 Å². The van der Waals surface area contributed by atoms with E-state index in [9.17, 15) is 4.79 Å². The molecule has 0 saturated carbocycles. The van der Waals surface area contributed by atoms with Gasteiger partial charge < -0.3 is 14.8 Å². The summed E-state index contributed by atoms with van der Waals surface area (Å²) in [5, 5.41) is 14.1. The van der Waals surface area contributed by atoms with Gasteiger partial charge in [-0.05, 0) is 36.1 Å². The van der Waals surface area contributed by atoms with E-state index in [1.807, 2.05) is 42.6 Å². The van der Waals surface area contributed by atoms with Gasteiger partial charge in [-0.1, -0.05) is 48.2 Å². The van der Waals surface area contributed by atoms with Crippen LogP contribution >= 0.6 is 23.1 Å². The number of fused-ring (bicyclic) bond motifs is 1. The number of hydrogen-bond donors (Lipinski definition) is 1. The van der Waals surface area contributed by atoms with E-state index >= 15 is 0 Å². The van der Waals surface area contributed by atoms with Gasteiger partial charge in [0.2, 0.25) is 12.7 Å². The Kier molecular flexibility index (Phi) is 5.83. The summed E-state index contributed by atoms with van der Waals surface area (Å²) in [6.07, 6.45) is 0. The molecule has 3 heterocycles. The van der Waals surface area contributed by atoms with Crippen molar-refractivity contribution in [2.24, 2.45) is 0 Å². The molecular formula is C23H20N4O3S2. The molecule has 2 aromatic heterocycles. The third kappa shape index (κ3) is 4.35. The molecular weight excluding hydrogens is 444 g/mol. The highest BCUT2D eigenvalue weighted by Gasteiger charge is 2.22. The number of thiophene rings is 1. The number of amides is 1. The highest BCUT2D eigenvalue weighted by Crippen LogP contribution is 2.35. The molecule has 0 unspecified atom stereocenters. The Bertz CT molecular complexity index is 1230. The van der Waals surface area contributed by atoms with Gasteiger partial charge in [0, 0.05) is 11.8 Å². The van der Waals surface area contributed by atoms with Crippen LogP contribution in [0.15, 0.2) is 71.2 Å². The van der Waals surface area contributed by atoms with E-state index in [1.54, 1.807) is 29.5 Å². The lowest BCUT2D eigenvalue weighted by atomic mass is 10.2. The van der Waals surface area contributed by atoms with Crippen molar-refractivity contribution in [1.82, 2.24) is 14.8 Å². The van der Waals surface area contributed by atoms with Gasteiger partial charge in [0.25, 0.3) is 0 Å². The fraction of sp³-hybridized carbons (Fsp3) is 0.174. The number of anilines is 1. The van der Waals surface area contributed by atoms with Gasteiger partial charge >= 0.3 is 0 Å². The lowest BCUT2D eigenvalue weighted by molar-refractivity contribution is -0.115. The minimum Gasteiger partial charge on any atom is -0.454 e. The maximum absolute atomic E-state index is 12.9. The molecule has 0 saturated heterocycles. The molecule has 1 aliphatic heterocycles. The van der Waals surface area contributed by atoms with Crippen molar-refractivity contribution in [2.75, 3.05) is 12.1 Å². The molecule has 0 bridgehead atoms. The van der Waals surface area contributed by atoms with Gasteiger partial charge in [-0.3, -0.25) is 9.36 Å². The van der Waals surface area contributed by atoms with Crippen LogP contribution in [-0.2, 0) is 11.3 Å². The number of benzene rings is 2. The van der Waals surface area contributed by atoms with Crippen molar-refractivity contribution < 1.29 is 14.3 Å². The highest BCUT2D eigenvalue weighted by molar-refractivity contribution is 8.00. The Hall–Kier alpha value is -3.30. The Morgan fingerprint density at radius 3 is 2.78 bits per heavy atom.